The molecule has 3 nitrogen and oxygen atoms in total. The summed E-state index contributed by atoms with van der Waals surface area (Å²) >= 11 is 0. The van der Waals surface area contributed by atoms with Crippen molar-refractivity contribution in [2.45, 2.75) is 37.8 Å². The Balaban J connectivity index is 1.97. The van der Waals surface area contributed by atoms with Crippen molar-refractivity contribution >= 4 is 0 Å². The largest absolute Gasteiger partial charge is 0.497 e. The third-order valence-electron chi connectivity index (χ3n) is 3.80. The van der Waals surface area contributed by atoms with Gasteiger partial charge in [-0.2, -0.15) is 0 Å². The molecule has 0 spiro atoms. The zero-order chi connectivity index (χ0) is 12.8. The summed E-state index contributed by atoms with van der Waals surface area (Å²) in [7, 11) is 3.74. The van der Waals surface area contributed by atoms with Gasteiger partial charge in [-0.25, -0.2) is 0 Å². The standard InChI is InChI=1S/C15H24N2O/c1-16-15(11-13-5-3-4-10-17-13)12-6-8-14(18-2)9-7-12/h6-9,13,15-17H,3-5,10-11H2,1-2H3. The SMILES string of the molecule is CNC(CC1CCCCN1)c1ccc(OC)cc1. The summed E-state index contributed by atoms with van der Waals surface area (Å²) in [5.74, 6) is 0.921. The predicted octanol–water partition coefficient (Wildman–Crippen LogP) is 2.49. The average molecular weight is 248 g/mol. The molecule has 2 unspecified atom stereocenters. The van der Waals surface area contributed by atoms with Crippen LogP contribution < -0.4 is 15.4 Å². The molecule has 1 fully saturated rings. The molecule has 1 saturated heterocycles. The summed E-state index contributed by atoms with van der Waals surface area (Å²) in [4.78, 5) is 0. The van der Waals surface area contributed by atoms with Gasteiger partial charge >= 0.3 is 0 Å². The normalized spacial score (nSPS) is 21.6. The van der Waals surface area contributed by atoms with Gasteiger partial charge in [0, 0.05) is 12.1 Å². The number of hydrogen-bond donors (Lipinski definition) is 2. The van der Waals surface area contributed by atoms with Crippen molar-refractivity contribution in [3.8, 4) is 5.75 Å². The molecule has 2 rings (SSSR count). The first kappa shape index (κ1) is 13.4. The molecule has 100 valence electrons. The van der Waals surface area contributed by atoms with Crippen LogP contribution in [0.25, 0.3) is 0 Å². The highest BCUT2D eigenvalue weighted by molar-refractivity contribution is 5.29. The number of methoxy groups -OCH3 is 1. The molecule has 0 saturated carbocycles. The summed E-state index contributed by atoms with van der Waals surface area (Å²) in [5.41, 5.74) is 1.34. The van der Waals surface area contributed by atoms with Crippen LogP contribution in [-0.2, 0) is 0 Å². The first-order valence-corrected chi connectivity index (χ1v) is 6.88. The van der Waals surface area contributed by atoms with Gasteiger partial charge in [0.15, 0.2) is 0 Å². The minimum absolute atomic E-state index is 0.423. The van der Waals surface area contributed by atoms with Crippen LogP contribution in [0.15, 0.2) is 24.3 Å². The summed E-state index contributed by atoms with van der Waals surface area (Å²) in [6.07, 6.45) is 5.14. The van der Waals surface area contributed by atoms with Gasteiger partial charge in [-0.1, -0.05) is 18.6 Å². The Labute approximate surface area is 110 Å². The molecule has 0 aromatic heterocycles. The zero-order valence-electron chi connectivity index (χ0n) is 11.4. The first-order valence-electron chi connectivity index (χ1n) is 6.88. The summed E-state index contributed by atoms with van der Waals surface area (Å²) in [6.45, 7) is 1.17. The van der Waals surface area contributed by atoms with Crippen molar-refractivity contribution < 1.29 is 4.74 Å². The highest BCUT2D eigenvalue weighted by atomic mass is 16.5. The lowest BCUT2D eigenvalue weighted by Crippen LogP contribution is -2.37. The second-order valence-corrected chi connectivity index (χ2v) is 5.00. The van der Waals surface area contributed by atoms with Gasteiger partial charge in [0.25, 0.3) is 0 Å². The lowest BCUT2D eigenvalue weighted by molar-refractivity contribution is 0.346. The Morgan fingerprint density at radius 3 is 2.67 bits per heavy atom. The molecule has 1 heterocycles. The van der Waals surface area contributed by atoms with Gasteiger partial charge < -0.3 is 15.4 Å². The molecule has 18 heavy (non-hydrogen) atoms. The molecular formula is C15H24N2O. The second-order valence-electron chi connectivity index (χ2n) is 5.00. The fourth-order valence-corrected chi connectivity index (χ4v) is 2.67. The van der Waals surface area contributed by atoms with Crippen molar-refractivity contribution in [2.75, 3.05) is 20.7 Å². The van der Waals surface area contributed by atoms with E-state index in [0.29, 0.717) is 12.1 Å². The van der Waals surface area contributed by atoms with Crippen molar-refractivity contribution in [1.29, 1.82) is 0 Å². The molecule has 1 aliphatic heterocycles. The van der Waals surface area contributed by atoms with Crippen LogP contribution >= 0.6 is 0 Å². The Hall–Kier alpha value is -1.06. The van der Waals surface area contributed by atoms with Crippen LogP contribution in [0.1, 0.15) is 37.3 Å². The number of benzene rings is 1. The fraction of sp³-hybridized carbons (Fsp3) is 0.600. The maximum Gasteiger partial charge on any atom is 0.118 e. The molecule has 0 aliphatic carbocycles. The molecule has 2 N–H and O–H groups in total. The summed E-state index contributed by atoms with van der Waals surface area (Å²) in [5, 5.41) is 7.03. The van der Waals surface area contributed by atoms with Crippen molar-refractivity contribution in [3.63, 3.8) is 0 Å². The molecule has 1 aliphatic rings. The third kappa shape index (κ3) is 3.47. The van der Waals surface area contributed by atoms with Gasteiger partial charge in [0.1, 0.15) is 5.75 Å². The molecule has 0 bridgehead atoms. The van der Waals surface area contributed by atoms with Crippen LogP contribution in [-0.4, -0.2) is 26.7 Å². The minimum Gasteiger partial charge on any atom is -0.497 e. The number of nitrogens with one attached hydrogen (secondary N) is 2. The lowest BCUT2D eigenvalue weighted by atomic mass is 9.94. The van der Waals surface area contributed by atoms with Gasteiger partial charge in [-0.05, 0) is 50.6 Å². The summed E-state index contributed by atoms with van der Waals surface area (Å²) in [6, 6.07) is 9.46. The Bertz CT molecular complexity index is 344. The van der Waals surface area contributed by atoms with Gasteiger partial charge in [-0.3, -0.25) is 0 Å². The van der Waals surface area contributed by atoms with Crippen LogP contribution in [0, 0.1) is 0 Å². The first-order chi connectivity index (χ1) is 8.83. The Kier molecular flexibility index (Phi) is 5.02. The summed E-state index contributed by atoms with van der Waals surface area (Å²) < 4.78 is 5.20. The number of ether oxygens (including phenoxy) is 1. The molecule has 1 aromatic carbocycles. The van der Waals surface area contributed by atoms with Gasteiger partial charge in [-0.15, -0.1) is 0 Å². The Morgan fingerprint density at radius 2 is 2.11 bits per heavy atom. The second kappa shape index (κ2) is 6.76. The van der Waals surface area contributed by atoms with Crippen LogP contribution in [0.4, 0.5) is 0 Å². The monoisotopic (exact) mass is 248 g/mol. The van der Waals surface area contributed by atoms with E-state index in [-0.39, 0.29) is 0 Å². The lowest BCUT2D eigenvalue weighted by Gasteiger charge is -2.28. The number of rotatable bonds is 5. The Morgan fingerprint density at radius 1 is 1.33 bits per heavy atom. The van der Waals surface area contributed by atoms with E-state index < -0.39 is 0 Å². The van der Waals surface area contributed by atoms with Gasteiger partial charge in [0.05, 0.1) is 7.11 Å². The molecular weight excluding hydrogens is 224 g/mol. The van der Waals surface area contributed by atoms with Gasteiger partial charge in [0.2, 0.25) is 0 Å². The molecule has 3 heteroatoms. The molecule has 0 radical (unpaired) electrons. The van der Waals surface area contributed by atoms with E-state index in [0.717, 1.165) is 12.2 Å². The van der Waals surface area contributed by atoms with Crippen molar-refractivity contribution in [1.82, 2.24) is 10.6 Å². The molecule has 2 atom stereocenters. The molecule has 1 aromatic rings. The quantitative estimate of drug-likeness (QED) is 0.840. The van der Waals surface area contributed by atoms with Crippen LogP contribution in [0.3, 0.4) is 0 Å². The number of piperidine rings is 1. The highest BCUT2D eigenvalue weighted by Gasteiger charge is 2.18. The predicted molar refractivity (Wildman–Crippen MR) is 75.1 cm³/mol. The van der Waals surface area contributed by atoms with E-state index >= 15 is 0 Å². The fourth-order valence-electron chi connectivity index (χ4n) is 2.67. The van der Waals surface area contributed by atoms with Crippen LogP contribution in [0.2, 0.25) is 0 Å². The van der Waals surface area contributed by atoms with E-state index in [9.17, 15) is 0 Å². The topological polar surface area (TPSA) is 33.3 Å². The third-order valence-corrected chi connectivity index (χ3v) is 3.80. The zero-order valence-corrected chi connectivity index (χ0v) is 11.4. The maximum atomic E-state index is 5.20. The highest BCUT2D eigenvalue weighted by Crippen LogP contribution is 2.23. The van der Waals surface area contributed by atoms with Crippen molar-refractivity contribution in [3.05, 3.63) is 29.8 Å². The van der Waals surface area contributed by atoms with E-state index in [4.69, 9.17) is 4.74 Å². The van der Waals surface area contributed by atoms with E-state index in [1.54, 1.807) is 7.11 Å². The number of hydrogen-bond acceptors (Lipinski definition) is 3. The molecule has 0 amide bonds. The van der Waals surface area contributed by atoms with E-state index in [2.05, 4.69) is 22.8 Å². The maximum absolute atomic E-state index is 5.20. The van der Waals surface area contributed by atoms with E-state index in [1.807, 2.05) is 19.2 Å². The van der Waals surface area contributed by atoms with E-state index in [1.165, 1.54) is 31.4 Å². The average Bonchev–Trinajstić information content (AvgIpc) is 2.46. The van der Waals surface area contributed by atoms with Crippen molar-refractivity contribution in [2.24, 2.45) is 0 Å². The minimum atomic E-state index is 0.423. The van der Waals surface area contributed by atoms with Crippen LogP contribution in [0.5, 0.6) is 5.75 Å². The smallest absolute Gasteiger partial charge is 0.118 e.